The van der Waals surface area contributed by atoms with E-state index in [2.05, 4.69) is 6.58 Å². The van der Waals surface area contributed by atoms with E-state index in [0.717, 1.165) is 5.57 Å². The highest BCUT2D eigenvalue weighted by molar-refractivity contribution is 6.31. The summed E-state index contributed by atoms with van der Waals surface area (Å²) in [7, 11) is 0. The standard InChI is InChI=1S/C15H16ClNO2/c1-3-5-6-11(4-2)10-19-14-8-7-12(16)9-13(14)15(17)18/h3-9H,2,10H2,1H3,(H2,17,18)/b5-3-,11-6+. The molecular formula is C15H16ClNO2. The molecule has 0 aliphatic carbocycles. The Morgan fingerprint density at radius 2 is 2.26 bits per heavy atom. The molecule has 1 aromatic rings. The number of ether oxygens (including phenoxy) is 1. The molecule has 0 aliphatic rings. The largest absolute Gasteiger partial charge is 0.488 e. The lowest BCUT2D eigenvalue weighted by Crippen LogP contribution is -2.13. The third kappa shape index (κ3) is 4.64. The molecule has 19 heavy (non-hydrogen) atoms. The average Bonchev–Trinajstić information content (AvgIpc) is 2.40. The number of benzene rings is 1. The second-order valence-corrected chi connectivity index (χ2v) is 4.20. The van der Waals surface area contributed by atoms with Crippen LogP contribution in [0, 0.1) is 0 Å². The summed E-state index contributed by atoms with van der Waals surface area (Å²) >= 11 is 5.82. The van der Waals surface area contributed by atoms with E-state index in [0.29, 0.717) is 17.4 Å². The van der Waals surface area contributed by atoms with Crippen LogP contribution in [-0.2, 0) is 0 Å². The Labute approximate surface area is 118 Å². The maximum Gasteiger partial charge on any atom is 0.252 e. The number of hydrogen-bond donors (Lipinski definition) is 1. The lowest BCUT2D eigenvalue weighted by atomic mass is 10.2. The van der Waals surface area contributed by atoms with Gasteiger partial charge in [-0.05, 0) is 30.7 Å². The Morgan fingerprint density at radius 3 is 2.84 bits per heavy atom. The van der Waals surface area contributed by atoms with E-state index >= 15 is 0 Å². The molecule has 0 fully saturated rings. The molecule has 0 unspecified atom stereocenters. The van der Waals surface area contributed by atoms with Crippen LogP contribution in [0.3, 0.4) is 0 Å². The van der Waals surface area contributed by atoms with Crippen LogP contribution in [0.1, 0.15) is 17.3 Å². The molecule has 4 heteroatoms. The van der Waals surface area contributed by atoms with Gasteiger partial charge in [0.25, 0.3) is 5.91 Å². The molecule has 1 rings (SSSR count). The highest BCUT2D eigenvalue weighted by Crippen LogP contribution is 2.23. The van der Waals surface area contributed by atoms with Gasteiger partial charge in [-0.25, -0.2) is 0 Å². The molecule has 0 bridgehead atoms. The highest BCUT2D eigenvalue weighted by Gasteiger charge is 2.10. The van der Waals surface area contributed by atoms with Crippen LogP contribution in [0.2, 0.25) is 5.02 Å². The lowest BCUT2D eigenvalue weighted by molar-refractivity contribution is 0.0997. The minimum Gasteiger partial charge on any atom is -0.488 e. The molecule has 1 amide bonds. The van der Waals surface area contributed by atoms with Crippen molar-refractivity contribution < 1.29 is 9.53 Å². The molecule has 0 spiro atoms. The van der Waals surface area contributed by atoms with E-state index in [9.17, 15) is 4.79 Å². The molecule has 100 valence electrons. The number of primary amides is 1. The van der Waals surface area contributed by atoms with Crippen molar-refractivity contribution >= 4 is 17.5 Å². The second-order valence-electron chi connectivity index (χ2n) is 3.76. The fourth-order valence-electron chi connectivity index (χ4n) is 1.38. The first-order valence-electron chi connectivity index (χ1n) is 5.75. The summed E-state index contributed by atoms with van der Waals surface area (Å²) in [5.74, 6) is -0.166. The summed E-state index contributed by atoms with van der Waals surface area (Å²) in [4.78, 5) is 11.3. The van der Waals surface area contributed by atoms with Gasteiger partial charge < -0.3 is 10.5 Å². The van der Waals surface area contributed by atoms with Crippen molar-refractivity contribution in [3.8, 4) is 5.75 Å². The fraction of sp³-hybridized carbons (Fsp3) is 0.133. The quantitative estimate of drug-likeness (QED) is 0.809. The van der Waals surface area contributed by atoms with Gasteiger partial charge >= 0.3 is 0 Å². The number of carbonyl (C=O) groups is 1. The van der Waals surface area contributed by atoms with E-state index in [1.807, 2.05) is 25.2 Å². The van der Waals surface area contributed by atoms with E-state index in [4.69, 9.17) is 22.1 Å². The number of rotatable bonds is 6. The van der Waals surface area contributed by atoms with E-state index in [-0.39, 0.29) is 5.56 Å². The van der Waals surface area contributed by atoms with Crippen molar-refractivity contribution in [2.24, 2.45) is 5.73 Å². The Balaban J connectivity index is 2.88. The molecule has 0 saturated carbocycles. The number of nitrogens with two attached hydrogens (primary N) is 1. The van der Waals surface area contributed by atoms with E-state index < -0.39 is 5.91 Å². The van der Waals surface area contributed by atoms with Crippen LogP contribution < -0.4 is 10.5 Å². The zero-order valence-electron chi connectivity index (χ0n) is 10.7. The monoisotopic (exact) mass is 277 g/mol. The highest BCUT2D eigenvalue weighted by atomic mass is 35.5. The summed E-state index contributed by atoms with van der Waals surface area (Å²) in [5.41, 5.74) is 6.44. The predicted octanol–water partition coefficient (Wildman–Crippen LogP) is 3.51. The van der Waals surface area contributed by atoms with Crippen LogP contribution >= 0.6 is 11.6 Å². The molecule has 2 N–H and O–H groups in total. The maximum absolute atomic E-state index is 11.3. The number of amides is 1. The van der Waals surface area contributed by atoms with Gasteiger partial charge in [0.1, 0.15) is 12.4 Å². The minimum absolute atomic E-state index is 0.266. The fourth-order valence-corrected chi connectivity index (χ4v) is 1.55. The molecule has 1 aromatic carbocycles. The van der Waals surface area contributed by atoms with Crippen LogP contribution in [0.5, 0.6) is 5.75 Å². The van der Waals surface area contributed by atoms with Crippen LogP contribution in [-0.4, -0.2) is 12.5 Å². The smallest absolute Gasteiger partial charge is 0.252 e. The first kappa shape index (κ1) is 15.1. The average molecular weight is 278 g/mol. The topological polar surface area (TPSA) is 52.3 Å². The van der Waals surface area contributed by atoms with Gasteiger partial charge in [0.05, 0.1) is 5.56 Å². The van der Waals surface area contributed by atoms with Gasteiger partial charge in [-0.15, -0.1) is 0 Å². The third-order valence-corrected chi connectivity index (χ3v) is 2.60. The SMILES string of the molecule is C=C/C(=C\C=C/C)COc1ccc(Cl)cc1C(N)=O. The van der Waals surface area contributed by atoms with E-state index in [1.54, 1.807) is 18.2 Å². The molecule has 0 heterocycles. The van der Waals surface area contributed by atoms with Gasteiger partial charge in [0.2, 0.25) is 0 Å². The summed E-state index contributed by atoms with van der Waals surface area (Å²) < 4.78 is 5.57. The van der Waals surface area contributed by atoms with Gasteiger partial charge in [0, 0.05) is 5.02 Å². The van der Waals surface area contributed by atoms with Crippen molar-refractivity contribution in [2.45, 2.75) is 6.92 Å². The van der Waals surface area contributed by atoms with Gasteiger partial charge in [-0.3, -0.25) is 4.79 Å². The Kier molecular flexibility index (Phi) is 5.90. The number of carbonyl (C=O) groups excluding carboxylic acids is 1. The second kappa shape index (κ2) is 7.44. The van der Waals surface area contributed by atoms with Crippen molar-refractivity contribution in [3.05, 3.63) is 65.2 Å². The Hall–Kier alpha value is -2.00. The molecule has 0 saturated heterocycles. The van der Waals surface area contributed by atoms with Crippen LogP contribution in [0.15, 0.2) is 54.7 Å². The summed E-state index contributed by atoms with van der Waals surface area (Å²) in [6.45, 7) is 5.92. The van der Waals surface area contributed by atoms with Crippen LogP contribution in [0.4, 0.5) is 0 Å². The van der Waals surface area contributed by atoms with Crippen molar-refractivity contribution in [2.75, 3.05) is 6.61 Å². The van der Waals surface area contributed by atoms with Gasteiger partial charge in [0.15, 0.2) is 0 Å². The molecular weight excluding hydrogens is 262 g/mol. The molecule has 0 aliphatic heterocycles. The van der Waals surface area contributed by atoms with Crippen LogP contribution in [0.25, 0.3) is 0 Å². The minimum atomic E-state index is -0.574. The van der Waals surface area contributed by atoms with Gasteiger partial charge in [-0.1, -0.05) is 42.5 Å². The molecule has 0 radical (unpaired) electrons. The molecule has 0 aromatic heterocycles. The zero-order valence-corrected chi connectivity index (χ0v) is 11.5. The third-order valence-electron chi connectivity index (χ3n) is 2.37. The van der Waals surface area contributed by atoms with Crippen molar-refractivity contribution in [1.29, 1.82) is 0 Å². The van der Waals surface area contributed by atoms with E-state index in [1.165, 1.54) is 6.07 Å². The summed E-state index contributed by atoms with van der Waals surface area (Å²) in [6.07, 6.45) is 7.37. The maximum atomic E-state index is 11.3. The zero-order chi connectivity index (χ0) is 14.3. The lowest BCUT2D eigenvalue weighted by Gasteiger charge is -2.10. The number of allylic oxidation sites excluding steroid dienone is 3. The normalized spacial score (nSPS) is 11.6. The molecule has 3 nitrogen and oxygen atoms in total. The first-order valence-corrected chi connectivity index (χ1v) is 6.12. The number of halogens is 1. The van der Waals surface area contributed by atoms with Crippen molar-refractivity contribution in [3.63, 3.8) is 0 Å². The van der Waals surface area contributed by atoms with Crippen molar-refractivity contribution in [1.82, 2.24) is 0 Å². The molecule has 0 atom stereocenters. The summed E-state index contributed by atoms with van der Waals surface area (Å²) in [5, 5.41) is 0.439. The number of hydrogen-bond acceptors (Lipinski definition) is 2. The Morgan fingerprint density at radius 1 is 1.53 bits per heavy atom. The van der Waals surface area contributed by atoms with Gasteiger partial charge in [-0.2, -0.15) is 0 Å². The Bertz CT molecular complexity index is 533. The first-order chi connectivity index (χ1) is 9.08. The summed E-state index contributed by atoms with van der Waals surface area (Å²) in [6, 6.07) is 4.76. The predicted molar refractivity (Wildman–Crippen MR) is 78.6 cm³/mol.